The lowest BCUT2D eigenvalue weighted by molar-refractivity contribution is 0.126. The van der Waals surface area contributed by atoms with Crippen molar-refractivity contribution in [2.24, 2.45) is 23.7 Å². The largest absolute Gasteiger partial charge is 0.504 e. The van der Waals surface area contributed by atoms with Gasteiger partial charge < -0.3 is 89.2 Å². The van der Waals surface area contributed by atoms with Gasteiger partial charge in [0, 0.05) is 239 Å². The normalized spacial score (nSPS) is 18.8. The summed E-state index contributed by atoms with van der Waals surface area (Å²) < 4.78 is 76.4. The smallest absolute Gasteiger partial charge is 0.297 e. The number of alkyl halides is 1. The van der Waals surface area contributed by atoms with Gasteiger partial charge in [-0.15, -0.1) is 11.6 Å². The molecular formula is C99H162Cl2N14O15S2. The number of phenolic OH excluding ortho intramolecular Hbond substituents is 4. The predicted octanol–water partition coefficient (Wildman–Crippen LogP) is 8.65. The van der Waals surface area contributed by atoms with E-state index < -0.39 is 19.2 Å². The molecule has 132 heavy (non-hydrogen) atoms. The zero-order valence-corrected chi connectivity index (χ0v) is 84.8. The molecule has 0 amide bonds. The van der Waals surface area contributed by atoms with Crippen LogP contribution in [0.15, 0.2) is 131 Å². The number of nitrogens with one attached hydrogen (secondary N) is 1. The van der Waals surface area contributed by atoms with Crippen LogP contribution in [0.5, 0.6) is 46.0 Å². The van der Waals surface area contributed by atoms with Gasteiger partial charge in [0.2, 0.25) is 0 Å². The monoisotopic (exact) mass is 1920 g/mol. The molecule has 29 nitrogen and oxygen atoms in total. The number of halogens is 2. The highest BCUT2D eigenvalue weighted by atomic mass is 35.7. The first-order chi connectivity index (χ1) is 63.1. The number of aryl methyl sites for hydroxylation is 2. The highest BCUT2D eigenvalue weighted by Gasteiger charge is 2.25. The third-order valence-electron chi connectivity index (χ3n) is 25.6. The van der Waals surface area contributed by atoms with E-state index in [9.17, 15) is 37.3 Å². The molecule has 744 valence electrons. The summed E-state index contributed by atoms with van der Waals surface area (Å²) in [6.07, 6.45) is 3.55. The van der Waals surface area contributed by atoms with Crippen molar-refractivity contribution in [1.29, 1.82) is 0 Å². The molecule has 0 spiro atoms. The summed E-state index contributed by atoms with van der Waals surface area (Å²) >= 11 is 4.94. The van der Waals surface area contributed by atoms with E-state index in [0.29, 0.717) is 69.1 Å². The van der Waals surface area contributed by atoms with E-state index in [4.69, 9.17) is 55.6 Å². The maximum absolute atomic E-state index is 12.0. The highest BCUT2D eigenvalue weighted by molar-refractivity contribution is 8.13. The first-order valence-electron chi connectivity index (χ1n) is 47.5. The summed E-state index contributed by atoms with van der Waals surface area (Å²) in [5.41, 5.74) is 6.59. The Morgan fingerprint density at radius 1 is 0.326 bits per heavy atom. The Labute approximate surface area is 801 Å². The van der Waals surface area contributed by atoms with Gasteiger partial charge in [-0.1, -0.05) is 87.4 Å². The number of benzene rings is 6. The summed E-state index contributed by atoms with van der Waals surface area (Å²) in [6.45, 7) is 52.3. The van der Waals surface area contributed by atoms with Gasteiger partial charge in [-0.3, -0.25) is 33.6 Å². The molecule has 4 atom stereocenters. The maximum Gasteiger partial charge on any atom is 0.297 e. The van der Waals surface area contributed by atoms with E-state index in [1.165, 1.54) is 48.5 Å². The number of hydrogen-bond acceptors (Lipinski definition) is 29. The van der Waals surface area contributed by atoms with Gasteiger partial charge in [-0.2, -0.15) is 8.42 Å². The molecule has 0 aromatic heterocycles. The Kier molecular flexibility index (Phi) is 52.0. The van der Waals surface area contributed by atoms with Crippen LogP contribution < -0.4 is 24.3 Å². The van der Waals surface area contributed by atoms with Crippen LogP contribution in [-0.2, 0) is 49.0 Å². The summed E-state index contributed by atoms with van der Waals surface area (Å²) in [4.78, 5) is 31.4. The van der Waals surface area contributed by atoms with Crippen LogP contribution in [0, 0.1) is 37.5 Å². The molecule has 7 heterocycles. The predicted molar refractivity (Wildman–Crippen MR) is 533 cm³/mol. The zero-order valence-electron chi connectivity index (χ0n) is 81.6. The van der Waals surface area contributed by atoms with E-state index in [2.05, 4.69) is 182 Å². The van der Waals surface area contributed by atoms with Crippen LogP contribution in [0.25, 0.3) is 0 Å². The fourth-order valence-corrected chi connectivity index (χ4v) is 17.4. The molecule has 33 heteroatoms. The third-order valence-corrected chi connectivity index (χ3v) is 28.5. The third kappa shape index (κ3) is 44.3. The minimum atomic E-state index is -3.63. The average Bonchev–Trinajstić information content (AvgIpc) is 0.861. The Bertz CT molecular complexity index is 4210. The van der Waals surface area contributed by atoms with Gasteiger partial charge in [0.05, 0.1) is 29.6 Å². The Morgan fingerprint density at radius 2 is 0.583 bits per heavy atom. The number of aliphatic hydroxyl groups is 2. The van der Waals surface area contributed by atoms with E-state index in [1.807, 2.05) is 26.0 Å². The lowest BCUT2D eigenvalue weighted by Crippen LogP contribution is -2.45. The van der Waals surface area contributed by atoms with E-state index in [0.717, 1.165) is 274 Å². The quantitative estimate of drug-likeness (QED) is 0.00847. The van der Waals surface area contributed by atoms with E-state index >= 15 is 0 Å². The number of phenols is 4. The molecule has 0 radical (unpaired) electrons. The summed E-state index contributed by atoms with van der Waals surface area (Å²) in [7, 11) is 13.1. The number of likely N-dealkylation sites (N-methyl/N-ethyl adjacent to an activating group) is 7. The van der Waals surface area contributed by atoms with Crippen LogP contribution in [-0.4, -0.2) is 435 Å². The molecule has 0 aliphatic carbocycles. The minimum absolute atomic E-state index is 0.0849. The van der Waals surface area contributed by atoms with Crippen LogP contribution in [0.3, 0.4) is 0 Å². The lowest BCUT2D eigenvalue weighted by atomic mass is 9.85. The molecule has 13 rings (SSSR count). The van der Waals surface area contributed by atoms with E-state index in [1.54, 1.807) is 48.5 Å². The molecule has 0 saturated carbocycles. The summed E-state index contributed by atoms with van der Waals surface area (Å²) in [5.74, 6) is 5.10. The van der Waals surface area contributed by atoms with Crippen molar-refractivity contribution in [2.45, 2.75) is 77.0 Å². The first kappa shape index (κ1) is 113. The molecule has 7 fully saturated rings. The molecular weight excluding hydrogens is 1760 g/mol. The number of rotatable bonds is 35. The number of nitrogens with zero attached hydrogens (tertiary/aromatic N) is 13. The number of hydrogen-bond donors (Lipinski definition) is 7. The molecule has 6 aromatic carbocycles. The molecule has 7 N–H and O–H groups in total. The van der Waals surface area contributed by atoms with Crippen molar-refractivity contribution < 1.29 is 70.6 Å². The Hall–Kier alpha value is -6.48. The first-order valence-corrected chi connectivity index (χ1v) is 51.8. The van der Waals surface area contributed by atoms with Gasteiger partial charge in [0.1, 0.15) is 26.4 Å². The summed E-state index contributed by atoms with van der Waals surface area (Å²) in [5, 5.41) is 57.4. The molecule has 7 aliphatic heterocycles. The minimum Gasteiger partial charge on any atom is -0.504 e. The van der Waals surface area contributed by atoms with Crippen molar-refractivity contribution in [3.8, 4) is 46.0 Å². The molecule has 0 unspecified atom stereocenters. The van der Waals surface area contributed by atoms with Crippen molar-refractivity contribution in [3.63, 3.8) is 0 Å². The maximum atomic E-state index is 12.0. The lowest BCUT2D eigenvalue weighted by Gasteiger charge is -2.32. The van der Waals surface area contributed by atoms with Crippen molar-refractivity contribution >= 4 is 41.5 Å². The average molecular weight is 1920 g/mol. The van der Waals surface area contributed by atoms with Crippen molar-refractivity contribution in [1.82, 2.24) is 69.0 Å². The van der Waals surface area contributed by atoms with Gasteiger partial charge >= 0.3 is 0 Å². The second-order valence-electron chi connectivity index (χ2n) is 36.7. The van der Waals surface area contributed by atoms with Crippen LogP contribution in [0.1, 0.15) is 61.1 Å². The molecule has 7 aliphatic rings. The number of piperazine rings is 7. The fourth-order valence-electron chi connectivity index (χ4n) is 15.7. The number of ether oxygens (including phenoxy) is 4. The Morgan fingerprint density at radius 3 is 0.848 bits per heavy atom. The number of aromatic hydroxyl groups is 4. The van der Waals surface area contributed by atoms with Crippen molar-refractivity contribution in [3.05, 3.63) is 155 Å². The van der Waals surface area contributed by atoms with Crippen LogP contribution >= 0.6 is 22.3 Å². The van der Waals surface area contributed by atoms with Crippen LogP contribution in [0.2, 0.25) is 0 Å². The van der Waals surface area contributed by atoms with Crippen molar-refractivity contribution in [2.75, 3.05) is 324 Å². The number of β-amino-alcohol motifs (C(OH)–C–C–N with tert-alkyl or cyclic N) is 1. The molecule has 7 saturated heterocycles. The standard InChI is InChI=1S/C46H78N8O4.C18H22O4.C14H22N2O3S.C7H7ClO2S.C7H16N2O.C5H12N2.C2H5ClO/c1-39(35-41-7-9-43(55-31-27-51-19-11-47(3)12-20-51)45(37-41)57-33-29-53-23-15-49(5)16-24-53)40(2)36-42-8-10-44(56-32-28-52-21-13-48(4)14-22-52)46(38-42)58-34-30-54-25-17-50(6)18-26-54;1-11(7-13-3-5-15(19)17(21)9-13)12(2)8-14-4-6-16(20)18(22)10-14;1-13-3-5-14(6-4-13)20(17,18)19-12-11-16-9-7-15(2)8-10-16;1-6-2-4-7(5-3-6)11(8,9)10;1-8-2-4-9(5-3-8)6-7-10;1-7-4-2-6-3-5-7;3-1-2-4/h7-10,37-40H,11-36H2,1-6H3;3-6,9-12,19-22H,7-8H2,1-2H3;3-6H,7-12H2,1-2H3;2-5H,1H3;10H,2-7H2,1H3;6H,2-5H2,1H3;4H,1-2H2/t39-,40+;11-,12+;;;;;. The SMILES string of the molecule is CN1CCN(CCO)CC1.CN1CCNCC1.C[C@H](Cc1ccc(O)c(O)c1)[C@@H](C)Cc1ccc(O)c(O)c1.C[C@H](Cc1ccc(OCCN2CCN(C)CC2)c(OCCN2CCN(C)CC2)c1)[C@@H](C)Cc1ccc(OCCN2CCN(C)CC2)c(OCCN2CCN(C)CC2)c1.Cc1ccc(S(=O)(=O)Cl)cc1.Cc1ccc(S(=O)(=O)OCCN2CCN(C)CC2)cc1.OCCCl. The van der Waals surface area contributed by atoms with Gasteiger partial charge in [-0.05, 0) is 208 Å². The number of aliphatic hydroxyl groups excluding tert-OH is 2. The fraction of sp³-hybridized carbons (Fsp3) is 0.636. The second kappa shape index (κ2) is 61.0. The molecule has 6 aromatic rings. The van der Waals surface area contributed by atoms with Gasteiger partial charge in [0.25, 0.3) is 19.2 Å². The summed E-state index contributed by atoms with van der Waals surface area (Å²) in [6, 6.07) is 36.2. The van der Waals surface area contributed by atoms with Gasteiger partial charge in [0.15, 0.2) is 46.0 Å². The van der Waals surface area contributed by atoms with Crippen LogP contribution in [0.4, 0.5) is 0 Å². The van der Waals surface area contributed by atoms with E-state index in [-0.39, 0.29) is 46.0 Å². The zero-order chi connectivity index (χ0) is 96.0. The topological polar surface area (TPSA) is 290 Å². The second-order valence-corrected chi connectivity index (χ2v) is 41.3. The molecule has 0 bridgehead atoms. The highest BCUT2D eigenvalue weighted by Crippen LogP contribution is 2.35. The Balaban J connectivity index is 0.000000259. The van der Waals surface area contributed by atoms with Gasteiger partial charge in [-0.25, -0.2) is 8.42 Å².